The predicted molar refractivity (Wildman–Crippen MR) is 56.7 cm³/mol. The topological polar surface area (TPSA) is 74.4 Å². The van der Waals surface area contributed by atoms with Crippen LogP contribution in [0.4, 0.5) is 6.01 Å². The smallest absolute Gasteiger partial charge is 0.318 e. The molecule has 6 heteroatoms. The standard InChI is InChI=1S/C9H18N4O2/c1-6(14)5-13(4)9-12-11-8(15-9)7(2)10-3/h6-7,10,14H,5H2,1-4H3. The lowest BCUT2D eigenvalue weighted by Gasteiger charge is -2.15. The number of likely N-dealkylation sites (N-methyl/N-ethyl adjacent to an activating group) is 1. The van der Waals surface area contributed by atoms with E-state index in [1.165, 1.54) is 0 Å². The molecule has 0 saturated heterocycles. The van der Waals surface area contributed by atoms with E-state index in [9.17, 15) is 5.11 Å². The van der Waals surface area contributed by atoms with Crippen LogP contribution in [0.5, 0.6) is 0 Å². The van der Waals surface area contributed by atoms with Crippen molar-refractivity contribution in [3.63, 3.8) is 0 Å². The largest absolute Gasteiger partial charge is 0.406 e. The number of aliphatic hydroxyl groups is 1. The number of aliphatic hydroxyl groups excluding tert-OH is 1. The fourth-order valence-corrected chi connectivity index (χ4v) is 1.15. The van der Waals surface area contributed by atoms with Crippen molar-refractivity contribution in [1.29, 1.82) is 0 Å². The molecule has 2 atom stereocenters. The highest BCUT2D eigenvalue weighted by molar-refractivity contribution is 5.22. The molecule has 0 bridgehead atoms. The van der Waals surface area contributed by atoms with Gasteiger partial charge < -0.3 is 19.7 Å². The van der Waals surface area contributed by atoms with Gasteiger partial charge in [0.15, 0.2) is 0 Å². The first-order chi connectivity index (χ1) is 7.04. The molecule has 0 radical (unpaired) electrons. The van der Waals surface area contributed by atoms with Crippen LogP contribution in [0.3, 0.4) is 0 Å². The normalized spacial score (nSPS) is 15.0. The number of rotatable bonds is 5. The van der Waals surface area contributed by atoms with Crippen LogP contribution in [0.15, 0.2) is 4.42 Å². The van der Waals surface area contributed by atoms with E-state index in [2.05, 4.69) is 15.5 Å². The predicted octanol–water partition coefficient (Wildman–Crippen LogP) is 0.167. The molecule has 0 aromatic carbocycles. The number of hydrogen-bond acceptors (Lipinski definition) is 6. The average Bonchev–Trinajstić information content (AvgIpc) is 2.64. The van der Waals surface area contributed by atoms with E-state index in [1.807, 2.05) is 14.0 Å². The Hall–Kier alpha value is -1.14. The molecule has 1 heterocycles. The molecule has 0 saturated carbocycles. The average molecular weight is 214 g/mol. The number of anilines is 1. The zero-order valence-electron chi connectivity index (χ0n) is 9.56. The molecule has 0 aliphatic carbocycles. The Balaban J connectivity index is 2.66. The molecule has 0 amide bonds. The summed E-state index contributed by atoms with van der Waals surface area (Å²) in [6.45, 7) is 4.12. The summed E-state index contributed by atoms with van der Waals surface area (Å²) in [5.41, 5.74) is 0. The molecule has 1 rings (SSSR count). The van der Waals surface area contributed by atoms with Crippen molar-refractivity contribution in [2.24, 2.45) is 0 Å². The number of aromatic nitrogens is 2. The summed E-state index contributed by atoms with van der Waals surface area (Å²) in [5, 5.41) is 20.0. The first kappa shape index (κ1) is 11.9. The fourth-order valence-electron chi connectivity index (χ4n) is 1.15. The molecule has 2 N–H and O–H groups in total. The highest BCUT2D eigenvalue weighted by atomic mass is 16.4. The quantitative estimate of drug-likeness (QED) is 0.727. The Morgan fingerprint density at radius 3 is 2.67 bits per heavy atom. The third-order valence-corrected chi connectivity index (χ3v) is 2.10. The van der Waals surface area contributed by atoms with Gasteiger partial charge in [-0.3, -0.25) is 0 Å². The minimum Gasteiger partial charge on any atom is -0.406 e. The highest BCUT2D eigenvalue weighted by Crippen LogP contribution is 2.15. The maximum atomic E-state index is 9.20. The van der Waals surface area contributed by atoms with Gasteiger partial charge in [-0.15, -0.1) is 5.10 Å². The van der Waals surface area contributed by atoms with E-state index < -0.39 is 6.10 Å². The van der Waals surface area contributed by atoms with E-state index in [1.54, 1.807) is 18.9 Å². The zero-order chi connectivity index (χ0) is 11.4. The van der Waals surface area contributed by atoms with E-state index in [-0.39, 0.29) is 6.04 Å². The van der Waals surface area contributed by atoms with Crippen LogP contribution in [0, 0.1) is 0 Å². The van der Waals surface area contributed by atoms with Crippen LogP contribution in [0.25, 0.3) is 0 Å². The van der Waals surface area contributed by atoms with Gasteiger partial charge in [-0.1, -0.05) is 5.10 Å². The van der Waals surface area contributed by atoms with Crippen molar-refractivity contribution in [1.82, 2.24) is 15.5 Å². The Morgan fingerprint density at radius 2 is 2.13 bits per heavy atom. The van der Waals surface area contributed by atoms with Crippen LogP contribution in [-0.4, -0.2) is 42.0 Å². The molecule has 86 valence electrons. The highest BCUT2D eigenvalue weighted by Gasteiger charge is 2.15. The molecule has 2 unspecified atom stereocenters. The molecular formula is C9H18N4O2. The SMILES string of the molecule is CNC(C)c1nnc(N(C)CC(C)O)o1. The monoisotopic (exact) mass is 214 g/mol. The van der Waals surface area contributed by atoms with Crippen LogP contribution in [-0.2, 0) is 0 Å². The van der Waals surface area contributed by atoms with Crippen molar-refractivity contribution in [3.05, 3.63) is 5.89 Å². The second-order valence-electron chi connectivity index (χ2n) is 3.66. The summed E-state index contributed by atoms with van der Waals surface area (Å²) in [6, 6.07) is 0.458. The summed E-state index contributed by atoms with van der Waals surface area (Å²) < 4.78 is 5.43. The maximum Gasteiger partial charge on any atom is 0.318 e. The molecular weight excluding hydrogens is 196 g/mol. The van der Waals surface area contributed by atoms with Crippen molar-refractivity contribution in [3.8, 4) is 0 Å². The molecule has 0 spiro atoms. The molecule has 15 heavy (non-hydrogen) atoms. The van der Waals surface area contributed by atoms with Gasteiger partial charge in [-0.2, -0.15) is 0 Å². The molecule has 1 aromatic heterocycles. The lowest BCUT2D eigenvalue weighted by molar-refractivity contribution is 0.199. The number of hydrogen-bond donors (Lipinski definition) is 2. The Kier molecular flexibility index (Phi) is 4.05. The zero-order valence-corrected chi connectivity index (χ0v) is 9.56. The fraction of sp³-hybridized carbons (Fsp3) is 0.778. The first-order valence-corrected chi connectivity index (χ1v) is 4.94. The molecule has 1 aromatic rings. The Labute approximate surface area is 89.3 Å². The van der Waals surface area contributed by atoms with Gasteiger partial charge in [0.25, 0.3) is 0 Å². The second-order valence-corrected chi connectivity index (χ2v) is 3.66. The van der Waals surface area contributed by atoms with Crippen molar-refractivity contribution < 1.29 is 9.52 Å². The molecule has 0 aliphatic rings. The molecule has 0 fully saturated rings. The lowest BCUT2D eigenvalue weighted by atomic mass is 10.3. The Bertz CT molecular complexity index is 300. The summed E-state index contributed by atoms with van der Waals surface area (Å²) in [6.07, 6.45) is -0.424. The van der Waals surface area contributed by atoms with E-state index >= 15 is 0 Å². The number of nitrogens with one attached hydrogen (secondary N) is 1. The second kappa shape index (κ2) is 5.09. The third-order valence-electron chi connectivity index (χ3n) is 2.10. The van der Waals surface area contributed by atoms with Crippen LogP contribution < -0.4 is 10.2 Å². The van der Waals surface area contributed by atoms with Crippen molar-refractivity contribution in [2.45, 2.75) is 26.0 Å². The number of nitrogens with zero attached hydrogens (tertiary/aromatic N) is 3. The van der Waals surface area contributed by atoms with Gasteiger partial charge in [-0.05, 0) is 20.9 Å². The van der Waals surface area contributed by atoms with E-state index in [0.29, 0.717) is 18.5 Å². The van der Waals surface area contributed by atoms with Gasteiger partial charge >= 0.3 is 6.01 Å². The van der Waals surface area contributed by atoms with Gasteiger partial charge in [0, 0.05) is 13.6 Å². The van der Waals surface area contributed by atoms with Crippen molar-refractivity contribution >= 4 is 6.01 Å². The summed E-state index contributed by atoms with van der Waals surface area (Å²) >= 11 is 0. The van der Waals surface area contributed by atoms with Crippen molar-refractivity contribution in [2.75, 3.05) is 25.5 Å². The minimum atomic E-state index is -0.424. The summed E-state index contributed by atoms with van der Waals surface area (Å²) in [5.74, 6) is 0.546. The summed E-state index contributed by atoms with van der Waals surface area (Å²) in [7, 11) is 3.63. The minimum absolute atomic E-state index is 0.0335. The Morgan fingerprint density at radius 1 is 1.47 bits per heavy atom. The van der Waals surface area contributed by atoms with Crippen LogP contribution >= 0.6 is 0 Å². The third kappa shape index (κ3) is 3.17. The molecule has 0 aliphatic heterocycles. The van der Waals surface area contributed by atoms with Gasteiger partial charge in [0.2, 0.25) is 5.89 Å². The lowest BCUT2D eigenvalue weighted by Crippen LogP contribution is -2.27. The molecule has 6 nitrogen and oxygen atoms in total. The van der Waals surface area contributed by atoms with E-state index in [0.717, 1.165) is 0 Å². The first-order valence-electron chi connectivity index (χ1n) is 4.94. The van der Waals surface area contributed by atoms with E-state index in [4.69, 9.17) is 4.42 Å². The summed E-state index contributed by atoms with van der Waals surface area (Å²) in [4.78, 5) is 1.73. The van der Waals surface area contributed by atoms with Gasteiger partial charge in [-0.25, -0.2) is 0 Å². The van der Waals surface area contributed by atoms with Crippen LogP contribution in [0.1, 0.15) is 25.8 Å². The van der Waals surface area contributed by atoms with Crippen LogP contribution in [0.2, 0.25) is 0 Å². The van der Waals surface area contributed by atoms with Gasteiger partial charge in [0.1, 0.15) is 0 Å². The maximum absolute atomic E-state index is 9.20. The van der Waals surface area contributed by atoms with Gasteiger partial charge in [0.05, 0.1) is 12.1 Å².